The van der Waals surface area contributed by atoms with E-state index in [0.29, 0.717) is 13.0 Å². The number of guanidine groups is 1. The molecular weight excluding hydrogens is 336 g/mol. The van der Waals surface area contributed by atoms with Crippen molar-refractivity contribution in [3.05, 3.63) is 65.7 Å². The van der Waals surface area contributed by atoms with Crippen LogP contribution in [-0.4, -0.2) is 32.0 Å². The Morgan fingerprint density at radius 1 is 1.11 bits per heavy atom. The number of nitrogens with one attached hydrogen (secondary N) is 3. The smallest absolute Gasteiger partial charge is 0.225 e. The Hall–Kier alpha value is -2.82. The Morgan fingerprint density at radius 2 is 1.81 bits per heavy atom. The van der Waals surface area contributed by atoms with E-state index in [1.807, 2.05) is 24.3 Å². The van der Waals surface area contributed by atoms with Crippen LogP contribution in [-0.2, 0) is 10.2 Å². The molecule has 5 heteroatoms. The highest BCUT2D eigenvalue weighted by Gasteiger charge is 2.25. The van der Waals surface area contributed by atoms with E-state index in [0.717, 1.165) is 18.2 Å². The van der Waals surface area contributed by atoms with Crippen LogP contribution in [0.5, 0.6) is 0 Å². The second kappa shape index (κ2) is 8.25. The number of aliphatic imine (C=N–C) groups is 1. The van der Waals surface area contributed by atoms with Gasteiger partial charge in [-0.25, -0.2) is 0 Å². The second-order valence-corrected chi connectivity index (χ2v) is 7.59. The molecule has 0 fully saturated rings. The topological polar surface area (TPSA) is 65.5 Å². The van der Waals surface area contributed by atoms with Crippen LogP contribution in [0.3, 0.4) is 0 Å². The van der Waals surface area contributed by atoms with Crippen LogP contribution in [0.15, 0.2) is 59.6 Å². The predicted molar refractivity (Wildman–Crippen MR) is 111 cm³/mol. The van der Waals surface area contributed by atoms with Gasteiger partial charge in [0.15, 0.2) is 5.96 Å². The van der Waals surface area contributed by atoms with Gasteiger partial charge in [-0.05, 0) is 17.2 Å². The molecule has 5 nitrogen and oxygen atoms in total. The van der Waals surface area contributed by atoms with Crippen LogP contribution >= 0.6 is 0 Å². The van der Waals surface area contributed by atoms with Crippen molar-refractivity contribution in [2.24, 2.45) is 4.99 Å². The Kier molecular flexibility index (Phi) is 5.79. The van der Waals surface area contributed by atoms with Crippen molar-refractivity contribution >= 4 is 17.6 Å². The molecule has 1 unspecified atom stereocenters. The normalized spacial score (nSPS) is 17.1. The van der Waals surface area contributed by atoms with Crippen LogP contribution in [0.4, 0.5) is 5.69 Å². The minimum Gasteiger partial charge on any atom is -0.356 e. The maximum atomic E-state index is 12.0. The zero-order valence-electron chi connectivity index (χ0n) is 16.3. The lowest BCUT2D eigenvalue weighted by Crippen LogP contribution is -2.45. The quantitative estimate of drug-likeness (QED) is 0.564. The molecule has 3 rings (SSSR count). The predicted octanol–water partition coefficient (Wildman–Crippen LogP) is 3.26. The first kappa shape index (κ1) is 19.0. The van der Waals surface area contributed by atoms with E-state index in [1.165, 1.54) is 11.1 Å². The third-order valence-electron chi connectivity index (χ3n) is 5.10. The molecule has 0 spiro atoms. The van der Waals surface area contributed by atoms with Gasteiger partial charge in [0.25, 0.3) is 0 Å². The highest BCUT2D eigenvalue weighted by Crippen LogP contribution is 2.31. The maximum Gasteiger partial charge on any atom is 0.225 e. The van der Waals surface area contributed by atoms with Gasteiger partial charge >= 0.3 is 0 Å². The first-order chi connectivity index (χ1) is 13.0. The van der Waals surface area contributed by atoms with Gasteiger partial charge < -0.3 is 16.0 Å². The molecule has 0 aromatic heterocycles. The van der Waals surface area contributed by atoms with Crippen molar-refractivity contribution in [2.45, 2.75) is 31.6 Å². The number of hydrogen-bond donors (Lipinski definition) is 3. The summed E-state index contributed by atoms with van der Waals surface area (Å²) in [5, 5.41) is 9.75. The van der Waals surface area contributed by atoms with E-state index < -0.39 is 0 Å². The summed E-state index contributed by atoms with van der Waals surface area (Å²) in [4.78, 5) is 16.3. The molecule has 1 heterocycles. The number of benzene rings is 2. The van der Waals surface area contributed by atoms with Gasteiger partial charge in [-0.1, -0.05) is 62.4 Å². The van der Waals surface area contributed by atoms with E-state index in [-0.39, 0.29) is 17.2 Å². The average Bonchev–Trinajstić information content (AvgIpc) is 2.68. The molecule has 142 valence electrons. The first-order valence-electron chi connectivity index (χ1n) is 9.38. The van der Waals surface area contributed by atoms with Crippen molar-refractivity contribution in [1.82, 2.24) is 10.6 Å². The molecule has 1 amide bonds. The lowest BCUT2D eigenvalue weighted by molar-refractivity contribution is -0.116. The Morgan fingerprint density at radius 3 is 2.56 bits per heavy atom. The van der Waals surface area contributed by atoms with Crippen molar-refractivity contribution in [3.8, 4) is 0 Å². The minimum atomic E-state index is -0.0177. The van der Waals surface area contributed by atoms with Gasteiger partial charge in [0.2, 0.25) is 5.91 Å². The summed E-state index contributed by atoms with van der Waals surface area (Å²) in [6.45, 7) is 5.85. The van der Waals surface area contributed by atoms with Gasteiger partial charge in [0.05, 0.1) is 0 Å². The fourth-order valence-electron chi connectivity index (χ4n) is 3.42. The molecule has 0 saturated heterocycles. The third-order valence-corrected chi connectivity index (χ3v) is 5.10. The van der Waals surface area contributed by atoms with Crippen LogP contribution in [0.25, 0.3) is 0 Å². The highest BCUT2D eigenvalue weighted by atomic mass is 16.1. The Labute approximate surface area is 161 Å². The number of carbonyl (C=O) groups is 1. The third kappa shape index (κ3) is 4.67. The van der Waals surface area contributed by atoms with E-state index in [4.69, 9.17) is 0 Å². The van der Waals surface area contributed by atoms with Crippen LogP contribution in [0, 0.1) is 0 Å². The maximum absolute atomic E-state index is 12.0. The van der Waals surface area contributed by atoms with Crippen LogP contribution in [0.2, 0.25) is 0 Å². The molecule has 2 aromatic carbocycles. The fraction of sp³-hybridized carbons (Fsp3) is 0.364. The van der Waals surface area contributed by atoms with Crippen molar-refractivity contribution in [3.63, 3.8) is 0 Å². The first-order valence-corrected chi connectivity index (χ1v) is 9.38. The average molecular weight is 364 g/mol. The van der Waals surface area contributed by atoms with Crippen LogP contribution in [0.1, 0.15) is 37.3 Å². The summed E-state index contributed by atoms with van der Waals surface area (Å²) in [6.07, 6.45) is 0.483. The number of amides is 1. The highest BCUT2D eigenvalue weighted by molar-refractivity contribution is 5.94. The van der Waals surface area contributed by atoms with E-state index in [9.17, 15) is 4.79 Å². The lowest BCUT2D eigenvalue weighted by atomic mass is 9.85. The number of anilines is 1. The number of hydrogen-bond acceptors (Lipinski definition) is 2. The second-order valence-electron chi connectivity index (χ2n) is 7.59. The van der Waals surface area contributed by atoms with Gasteiger partial charge in [-0.2, -0.15) is 0 Å². The fourth-order valence-corrected chi connectivity index (χ4v) is 3.42. The van der Waals surface area contributed by atoms with Crippen LogP contribution < -0.4 is 16.0 Å². The SMILES string of the molecule is CN=C(NCC1CC(=O)Nc2ccccc21)NCC(C)(C)c1ccccc1. The summed E-state index contributed by atoms with van der Waals surface area (Å²) in [7, 11) is 1.77. The Bertz CT molecular complexity index is 814. The van der Waals surface area contributed by atoms with Gasteiger partial charge in [-0.3, -0.25) is 9.79 Å². The summed E-state index contributed by atoms with van der Waals surface area (Å²) >= 11 is 0. The molecule has 1 aliphatic heterocycles. The molecule has 0 aliphatic carbocycles. The summed E-state index contributed by atoms with van der Waals surface area (Å²) in [5.74, 6) is 0.951. The zero-order chi connectivity index (χ0) is 19.3. The molecule has 0 saturated carbocycles. The number of carbonyl (C=O) groups excluding carboxylic acids is 1. The van der Waals surface area contributed by atoms with Gasteiger partial charge in [-0.15, -0.1) is 0 Å². The molecule has 1 aliphatic rings. The summed E-state index contributed by atoms with van der Waals surface area (Å²) in [5.41, 5.74) is 3.35. The van der Waals surface area contributed by atoms with E-state index in [2.05, 4.69) is 65.1 Å². The molecule has 3 N–H and O–H groups in total. The number of para-hydroxylation sites is 1. The summed E-state index contributed by atoms with van der Waals surface area (Å²) in [6, 6.07) is 18.5. The van der Waals surface area contributed by atoms with Crippen molar-refractivity contribution in [1.29, 1.82) is 0 Å². The molecular formula is C22H28N4O. The largest absolute Gasteiger partial charge is 0.356 e. The van der Waals surface area contributed by atoms with Gasteiger partial charge in [0, 0.05) is 43.6 Å². The van der Waals surface area contributed by atoms with E-state index in [1.54, 1.807) is 7.05 Å². The lowest BCUT2D eigenvalue weighted by Gasteiger charge is -2.28. The standard InChI is InChI=1S/C22H28N4O/c1-22(2,17-9-5-4-6-10-17)15-25-21(23-3)24-14-16-13-20(27)26-19-12-8-7-11-18(16)19/h4-12,16H,13-15H2,1-3H3,(H,26,27)(H2,23,24,25). The van der Waals surface area contributed by atoms with E-state index >= 15 is 0 Å². The molecule has 0 bridgehead atoms. The minimum absolute atomic E-state index is 0.0177. The number of nitrogens with zero attached hydrogens (tertiary/aromatic N) is 1. The Balaban J connectivity index is 1.59. The van der Waals surface area contributed by atoms with Crippen molar-refractivity contribution in [2.75, 3.05) is 25.5 Å². The molecule has 27 heavy (non-hydrogen) atoms. The summed E-state index contributed by atoms with van der Waals surface area (Å²) < 4.78 is 0. The van der Waals surface area contributed by atoms with Crippen molar-refractivity contribution < 1.29 is 4.79 Å². The zero-order valence-corrected chi connectivity index (χ0v) is 16.3. The number of rotatable bonds is 5. The van der Waals surface area contributed by atoms with Gasteiger partial charge in [0.1, 0.15) is 0 Å². The molecule has 1 atom stereocenters. The monoisotopic (exact) mass is 364 g/mol. The molecule has 0 radical (unpaired) electrons. The number of fused-ring (bicyclic) bond motifs is 1. The molecule has 2 aromatic rings.